The number of nitrogens with zero attached hydrogens (tertiary/aromatic N) is 3. The van der Waals surface area contributed by atoms with E-state index < -0.39 is 11.1 Å². The van der Waals surface area contributed by atoms with Gasteiger partial charge in [-0.25, -0.2) is 4.68 Å². The Morgan fingerprint density at radius 3 is 2.55 bits per heavy atom. The van der Waals surface area contributed by atoms with Crippen LogP contribution >= 0.6 is 0 Å². The van der Waals surface area contributed by atoms with E-state index in [4.69, 9.17) is 4.74 Å². The molecule has 2 aromatic heterocycles. The molecule has 0 saturated carbocycles. The van der Waals surface area contributed by atoms with E-state index in [-0.39, 0.29) is 11.0 Å². The zero-order valence-electron chi connectivity index (χ0n) is 10.6. The van der Waals surface area contributed by atoms with Crippen molar-refractivity contribution < 1.29 is 4.74 Å². The highest BCUT2D eigenvalue weighted by molar-refractivity contribution is 5.71. The molecule has 0 radical (unpaired) electrons. The normalized spacial score (nSPS) is 10.8. The van der Waals surface area contributed by atoms with E-state index in [0.29, 0.717) is 6.54 Å². The fourth-order valence-corrected chi connectivity index (χ4v) is 1.94. The fraction of sp³-hybridized carbons (Fsp3) is 0.167. The predicted molar refractivity (Wildman–Crippen MR) is 70.9 cm³/mol. The number of aromatic nitrogens is 5. The minimum atomic E-state index is -0.472. The lowest BCUT2D eigenvalue weighted by molar-refractivity contribution is 0.414. The molecular weight excluding hydrogens is 262 g/mol. The molecule has 2 N–H and O–H groups in total. The number of hydrogen-bond acceptors (Lipinski definition) is 5. The summed E-state index contributed by atoms with van der Waals surface area (Å²) in [6.45, 7) is 0.340. The van der Waals surface area contributed by atoms with Crippen molar-refractivity contribution in [3.8, 4) is 5.75 Å². The van der Waals surface area contributed by atoms with Crippen LogP contribution in [0.25, 0.3) is 11.0 Å². The molecule has 0 fully saturated rings. The maximum atomic E-state index is 11.8. The number of hydrogen-bond donors (Lipinski definition) is 2. The van der Waals surface area contributed by atoms with Crippen LogP contribution in [0.1, 0.15) is 5.56 Å². The highest BCUT2D eigenvalue weighted by Gasteiger charge is 2.12. The Hall–Kier alpha value is -2.90. The van der Waals surface area contributed by atoms with E-state index in [2.05, 4.69) is 20.5 Å². The van der Waals surface area contributed by atoms with Gasteiger partial charge in [0.25, 0.3) is 11.1 Å². The summed E-state index contributed by atoms with van der Waals surface area (Å²) in [5.41, 5.74) is 0.197. The first-order chi connectivity index (χ1) is 9.69. The van der Waals surface area contributed by atoms with Crippen LogP contribution in [0.15, 0.2) is 33.9 Å². The molecule has 0 spiro atoms. The second-order valence-electron chi connectivity index (χ2n) is 4.20. The molecule has 102 valence electrons. The predicted octanol–water partition coefficient (Wildman–Crippen LogP) is -0.135. The lowest BCUT2D eigenvalue weighted by Gasteiger charge is -2.03. The molecule has 0 aliphatic heterocycles. The molecule has 3 rings (SSSR count). The minimum Gasteiger partial charge on any atom is -0.497 e. The topological polar surface area (TPSA) is 106 Å². The summed E-state index contributed by atoms with van der Waals surface area (Å²) in [6.07, 6.45) is 0. The second-order valence-corrected chi connectivity index (χ2v) is 4.20. The van der Waals surface area contributed by atoms with Crippen LogP contribution in [-0.4, -0.2) is 32.3 Å². The van der Waals surface area contributed by atoms with Gasteiger partial charge in [-0.05, 0) is 17.7 Å². The third-order valence-electron chi connectivity index (χ3n) is 2.95. The van der Waals surface area contributed by atoms with Crippen molar-refractivity contribution in [1.82, 2.24) is 25.2 Å². The summed E-state index contributed by atoms with van der Waals surface area (Å²) in [5.74, 6) is 0.742. The molecule has 0 bridgehead atoms. The molecule has 0 unspecified atom stereocenters. The number of benzene rings is 1. The summed E-state index contributed by atoms with van der Waals surface area (Å²) < 4.78 is 6.47. The van der Waals surface area contributed by atoms with Crippen molar-refractivity contribution in [3.05, 3.63) is 50.5 Å². The Kier molecular flexibility index (Phi) is 2.82. The Bertz CT molecular complexity index is 859. The van der Waals surface area contributed by atoms with E-state index in [1.54, 1.807) is 7.11 Å². The van der Waals surface area contributed by atoms with Crippen LogP contribution in [0.3, 0.4) is 0 Å². The van der Waals surface area contributed by atoms with Gasteiger partial charge >= 0.3 is 0 Å². The second kappa shape index (κ2) is 4.65. The van der Waals surface area contributed by atoms with Crippen LogP contribution < -0.4 is 15.9 Å². The van der Waals surface area contributed by atoms with Gasteiger partial charge in [0.2, 0.25) is 0 Å². The molecule has 0 atom stereocenters. The van der Waals surface area contributed by atoms with Gasteiger partial charge in [0, 0.05) is 0 Å². The molecule has 2 heterocycles. The summed E-state index contributed by atoms with van der Waals surface area (Å²) >= 11 is 0. The number of aromatic amines is 2. The third-order valence-corrected chi connectivity index (χ3v) is 2.95. The first-order valence-electron chi connectivity index (χ1n) is 5.86. The standard InChI is InChI=1S/C12H11N5O3/c1-20-8-4-2-7(3-5-8)6-17-10-9(13-16-17)11(18)14-15-12(10)19/h2-5H,6H2,1H3,(H,14,18)(H,15,19). The molecule has 8 heteroatoms. The van der Waals surface area contributed by atoms with Gasteiger partial charge in [0.05, 0.1) is 13.7 Å². The number of ether oxygens (including phenoxy) is 1. The summed E-state index contributed by atoms with van der Waals surface area (Å²) in [4.78, 5) is 23.3. The van der Waals surface area contributed by atoms with E-state index in [1.165, 1.54) is 4.68 Å². The fourth-order valence-electron chi connectivity index (χ4n) is 1.94. The number of methoxy groups -OCH3 is 1. The lowest BCUT2D eigenvalue weighted by atomic mass is 10.2. The van der Waals surface area contributed by atoms with Crippen LogP contribution in [-0.2, 0) is 6.54 Å². The Labute approximate surface area is 112 Å². The first kappa shape index (κ1) is 12.2. The van der Waals surface area contributed by atoms with Crippen LogP contribution in [0.5, 0.6) is 5.75 Å². The number of rotatable bonds is 3. The average Bonchev–Trinajstić information content (AvgIpc) is 2.89. The lowest BCUT2D eigenvalue weighted by Crippen LogP contribution is -2.21. The SMILES string of the molecule is COc1ccc(Cn2nnc3c(=O)[nH][nH]c(=O)c32)cc1. The van der Waals surface area contributed by atoms with E-state index >= 15 is 0 Å². The molecule has 0 aliphatic rings. The van der Waals surface area contributed by atoms with Gasteiger partial charge in [0.1, 0.15) is 5.75 Å². The number of H-pyrrole nitrogens is 2. The molecule has 0 amide bonds. The van der Waals surface area contributed by atoms with Crippen molar-refractivity contribution in [2.45, 2.75) is 6.54 Å². The third kappa shape index (κ3) is 1.96. The number of nitrogens with one attached hydrogen (secondary N) is 2. The Morgan fingerprint density at radius 1 is 1.15 bits per heavy atom. The summed E-state index contributed by atoms with van der Waals surface area (Å²) in [7, 11) is 1.59. The number of fused-ring (bicyclic) bond motifs is 1. The quantitative estimate of drug-likeness (QED) is 0.691. The molecule has 3 aromatic rings. The molecule has 8 nitrogen and oxygen atoms in total. The van der Waals surface area contributed by atoms with Gasteiger partial charge in [-0.15, -0.1) is 5.10 Å². The van der Waals surface area contributed by atoms with Crippen LogP contribution in [0.4, 0.5) is 0 Å². The highest BCUT2D eigenvalue weighted by atomic mass is 16.5. The van der Waals surface area contributed by atoms with E-state index in [9.17, 15) is 9.59 Å². The van der Waals surface area contributed by atoms with Crippen molar-refractivity contribution in [3.63, 3.8) is 0 Å². The van der Waals surface area contributed by atoms with Gasteiger partial charge in [-0.1, -0.05) is 17.3 Å². The van der Waals surface area contributed by atoms with Crippen molar-refractivity contribution >= 4 is 11.0 Å². The minimum absolute atomic E-state index is 0.0299. The molecule has 20 heavy (non-hydrogen) atoms. The first-order valence-corrected chi connectivity index (χ1v) is 5.86. The zero-order chi connectivity index (χ0) is 14.1. The van der Waals surface area contributed by atoms with Crippen molar-refractivity contribution in [1.29, 1.82) is 0 Å². The van der Waals surface area contributed by atoms with Crippen LogP contribution in [0.2, 0.25) is 0 Å². The molecular formula is C12H11N5O3. The smallest absolute Gasteiger partial charge is 0.292 e. The highest BCUT2D eigenvalue weighted by Crippen LogP contribution is 2.12. The average molecular weight is 273 g/mol. The Morgan fingerprint density at radius 2 is 1.85 bits per heavy atom. The van der Waals surface area contributed by atoms with Crippen molar-refractivity contribution in [2.75, 3.05) is 7.11 Å². The van der Waals surface area contributed by atoms with Crippen LogP contribution in [0, 0.1) is 0 Å². The maximum absolute atomic E-state index is 11.8. The monoisotopic (exact) mass is 273 g/mol. The Balaban J connectivity index is 2.04. The summed E-state index contributed by atoms with van der Waals surface area (Å²) in [5, 5.41) is 12.1. The van der Waals surface area contributed by atoms with Gasteiger partial charge in [-0.3, -0.25) is 19.8 Å². The van der Waals surface area contributed by atoms with Gasteiger partial charge < -0.3 is 4.74 Å². The molecule has 0 saturated heterocycles. The van der Waals surface area contributed by atoms with Gasteiger partial charge in [-0.2, -0.15) is 0 Å². The molecule has 1 aromatic carbocycles. The largest absolute Gasteiger partial charge is 0.497 e. The van der Waals surface area contributed by atoms with E-state index in [0.717, 1.165) is 11.3 Å². The molecule has 0 aliphatic carbocycles. The zero-order valence-corrected chi connectivity index (χ0v) is 10.6. The van der Waals surface area contributed by atoms with Crippen molar-refractivity contribution in [2.24, 2.45) is 0 Å². The van der Waals surface area contributed by atoms with Gasteiger partial charge in [0.15, 0.2) is 11.0 Å². The maximum Gasteiger partial charge on any atom is 0.292 e. The summed E-state index contributed by atoms with van der Waals surface area (Å²) in [6, 6.07) is 7.33. The van der Waals surface area contributed by atoms with E-state index in [1.807, 2.05) is 24.3 Å².